The van der Waals surface area contributed by atoms with E-state index < -0.39 is 0 Å². The fourth-order valence-corrected chi connectivity index (χ4v) is 3.23. The first kappa shape index (κ1) is 18.9. The highest BCUT2D eigenvalue weighted by Gasteiger charge is 2.28. The van der Waals surface area contributed by atoms with Gasteiger partial charge in [-0.2, -0.15) is 0 Å². The van der Waals surface area contributed by atoms with Gasteiger partial charge < -0.3 is 15.5 Å². The Kier molecular flexibility index (Phi) is 6.41. The van der Waals surface area contributed by atoms with E-state index in [0.717, 1.165) is 24.1 Å². The number of piperidine rings is 1. The van der Waals surface area contributed by atoms with Crippen LogP contribution in [0.25, 0.3) is 0 Å². The van der Waals surface area contributed by atoms with Crippen molar-refractivity contribution in [2.75, 3.05) is 25.0 Å². The highest BCUT2D eigenvalue weighted by atomic mass is 19.1. The molecule has 2 N–H and O–H groups in total. The van der Waals surface area contributed by atoms with Crippen LogP contribution in [0, 0.1) is 11.7 Å². The summed E-state index contributed by atoms with van der Waals surface area (Å²) in [5, 5.41) is 5.80. The Morgan fingerprint density at radius 1 is 1.07 bits per heavy atom. The number of urea groups is 1. The fraction of sp³-hybridized carbons (Fsp3) is 0.333. The molecular formula is C21H24FN3O2. The zero-order valence-electron chi connectivity index (χ0n) is 15.2. The van der Waals surface area contributed by atoms with Crippen molar-refractivity contribution in [2.45, 2.75) is 19.3 Å². The summed E-state index contributed by atoms with van der Waals surface area (Å²) < 4.78 is 12.9. The first-order chi connectivity index (χ1) is 13.1. The third-order valence-corrected chi connectivity index (χ3v) is 4.73. The molecule has 1 aliphatic rings. The number of carbonyl (C=O) groups excluding carboxylic acids is 2. The topological polar surface area (TPSA) is 61.4 Å². The van der Waals surface area contributed by atoms with Crippen LogP contribution in [0.15, 0.2) is 54.6 Å². The summed E-state index contributed by atoms with van der Waals surface area (Å²) in [6.45, 7) is 1.57. The highest BCUT2D eigenvalue weighted by molar-refractivity contribution is 5.90. The summed E-state index contributed by atoms with van der Waals surface area (Å²) in [6.07, 6.45) is 2.23. The maximum atomic E-state index is 12.9. The SMILES string of the molecule is O=C(NCCc1ccc(F)cc1)[C@@H]1CCCN(C(=O)Nc2ccccc2)C1. The van der Waals surface area contributed by atoms with E-state index in [1.54, 1.807) is 17.0 Å². The van der Waals surface area contributed by atoms with E-state index in [0.29, 0.717) is 26.1 Å². The second kappa shape index (κ2) is 9.16. The maximum absolute atomic E-state index is 12.9. The monoisotopic (exact) mass is 369 g/mol. The normalized spacial score (nSPS) is 16.6. The predicted octanol–water partition coefficient (Wildman–Crippen LogP) is 3.43. The molecule has 2 aromatic carbocycles. The molecule has 0 aliphatic carbocycles. The molecule has 3 rings (SSSR count). The lowest BCUT2D eigenvalue weighted by atomic mass is 9.97. The maximum Gasteiger partial charge on any atom is 0.321 e. The van der Waals surface area contributed by atoms with Gasteiger partial charge in [0.2, 0.25) is 5.91 Å². The largest absolute Gasteiger partial charge is 0.355 e. The molecule has 142 valence electrons. The smallest absolute Gasteiger partial charge is 0.321 e. The molecule has 1 atom stereocenters. The average Bonchev–Trinajstić information content (AvgIpc) is 2.70. The lowest BCUT2D eigenvalue weighted by molar-refractivity contribution is -0.126. The Bertz CT molecular complexity index is 765. The van der Waals surface area contributed by atoms with Gasteiger partial charge in [0.05, 0.1) is 5.92 Å². The average molecular weight is 369 g/mol. The van der Waals surface area contributed by atoms with E-state index >= 15 is 0 Å². The van der Waals surface area contributed by atoms with Gasteiger partial charge in [0.1, 0.15) is 5.82 Å². The number of para-hydroxylation sites is 1. The van der Waals surface area contributed by atoms with Crippen LogP contribution < -0.4 is 10.6 Å². The van der Waals surface area contributed by atoms with Crippen LogP contribution in [0.4, 0.5) is 14.9 Å². The molecular weight excluding hydrogens is 345 g/mol. The first-order valence-corrected chi connectivity index (χ1v) is 9.25. The Morgan fingerprint density at radius 2 is 1.81 bits per heavy atom. The van der Waals surface area contributed by atoms with Gasteiger partial charge in [0.25, 0.3) is 0 Å². The number of anilines is 1. The van der Waals surface area contributed by atoms with Crippen molar-refractivity contribution in [1.82, 2.24) is 10.2 Å². The van der Waals surface area contributed by atoms with Crippen molar-refractivity contribution in [3.8, 4) is 0 Å². The molecule has 1 saturated heterocycles. The fourth-order valence-electron chi connectivity index (χ4n) is 3.23. The Hall–Kier alpha value is -2.89. The molecule has 6 heteroatoms. The highest BCUT2D eigenvalue weighted by Crippen LogP contribution is 2.18. The number of nitrogens with zero attached hydrogens (tertiary/aromatic N) is 1. The van der Waals surface area contributed by atoms with Gasteiger partial charge in [-0.25, -0.2) is 9.18 Å². The van der Waals surface area contributed by atoms with Gasteiger partial charge in [-0.05, 0) is 49.1 Å². The molecule has 0 radical (unpaired) electrons. The van der Waals surface area contributed by atoms with Gasteiger partial charge in [-0.15, -0.1) is 0 Å². The molecule has 1 fully saturated rings. The number of nitrogens with one attached hydrogen (secondary N) is 2. The van der Waals surface area contributed by atoms with Crippen LogP contribution in [0.3, 0.4) is 0 Å². The van der Waals surface area contributed by atoms with Crippen LogP contribution in [-0.4, -0.2) is 36.5 Å². The van der Waals surface area contributed by atoms with E-state index in [2.05, 4.69) is 10.6 Å². The summed E-state index contributed by atoms with van der Waals surface area (Å²) in [5.41, 5.74) is 1.72. The second-order valence-electron chi connectivity index (χ2n) is 6.75. The summed E-state index contributed by atoms with van der Waals surface area (Å²) in [5.74, 6) is -0.498. The van der Waals surface area contributed by atoms with E-state index in [4.69, 9.17) is 0 Å². The van der Waals surface area contributed by atoms with Crippen molar-refractivity contribution in [2.24, 2.45) is 5.92 Å². The number of hydrogen-bond donors (Lipinski definition) is 2. The zero-order chi connectivity index (χ0) is 19.1. The van der Waals surface area contributed by atoms with E-state index in [1.165, 1.54) is 12.1 Å². The van der Waals surface area contributed by atoms with Crippen molar-refractivity contribution >= 4 is 17.6 Å². The molecule has 1 heterocycles. The molecule has 5 nitrogen and oxygen atoms in total. The minimum Gasteiger partial charge on any atom is -0.355 e. The molecule has 3 amide bonds. The standard InChI is InChI=1S/C21H24FN3O2/c22-18-10-8-16(9-11-18)12-13-23-20(26)17-5-4-14-25(15-17)21(27)24-19-6-2-1-3-7-19/h1-3,6-11,17H,4-5,12-15H2,(H,23,26)(H,24,27)/t17-/m1/s1. The van der Waals surface area contributed by atoms with E-state index in [9.17, 15) is 14.0 Å². The van der Waals surface area contributed by atoms with Crippen molar-refractivity contribution in [3.63, 3.8) is 0 Å². The van der Waals surface area contributed by atoms with Crippen molar-refractivity contribution < 1.29 is 14.0 Å². The first-order valence-electron chi connectivity index (χ1n) is 9.25. The summed E-state index contributed by atoms with van der Waals surface area (Å²) in [6, 6.07) is 15.4. The molecule has 1 aliphatic heterocycles. The number of likely N-dealkylation sites (tertiary alicyclic amines) is 1. The minimum absolute atomic E-state index is 0.0330. The molecule has 0 saturated carbocycles. The van der Waals surface area contributed by atoms with Crippen molar-refractivity contribution in [1.29, 1.82) is 0 Å². The van der Waals surface area contributed by atoms with Crippen LogP contribution in [-0.2, 0) is 11.2 Å². The molecule has 0 spiro atoms. The third-order valence-electron chi connectivity index (χ3n) is 4.73. The van der Waals surface area contributed by atoms with E-state index in [-0.39, 0.29) is 23.7 Å². The lowest BCUT2D eigenvalue weighted by Crippen LogP contribution is -2.47. The van der Waals surface area contributed by atoms with Gasteiger partial charge in [-0.3, -0.25) is 4.79 Å². The summed E-state index contributed by atoms with van der Waals surface area (Å²) in [4.78, 5) is 26.5. The number of halogens is 1. The number of carbonyl (C=O) groups is 2. The quantitative estimate of drug-likeness (QED) is 0.848. The lowest BCUT2D eigenvalue weighted by Gasteiger charge is -2.32. The number of benzene rings is 2. The number of hydrogen-bond acceptors (Lipinski definition) is 2. The van der Waals surface area contributed by atoms with Crippen LogP contribution in [0.1, 0.15) is 18.4 Å². The molecule has 2 aromatic rings. The molecule has 0 aromatic heterocycles. The number of rotatable bonds is 5. The summed E-state index contributed by atoms with van der Waals surface area (Å²) >= 11 is 0. The Labute approximate surface area is 158 Å². The predicted molar refractivity (Wildman–Crippen MR) is 103 cm³/mol. The second-order valence-corrected chi connectivity index (χ2v) is 6.75. The Balaban J connectivity index is 1.46. The van der Waals surface area contributed by atoms with Crippen LogP contribution in [0.2, 0.25) is 0 Å². The van der Waals surface area contributed by atoms with Gasteiger partial charge >= 0.3 is 6.03 Å². The number of amides is 3. The summed E-state index contributed by atoms with van der Waals surface area (Å²) in [7, 11) is 0. The zero-order valence-corrected chi connectivity index (χ0v) is 15.2. The van der Waals surface area contributed by atoms with Gasteiger partial charge in [-0.1, -0.05) is 30.3 Å². The van der Waals surface area contributed by atoms with Crippen molar-refractivity contribution in [3.05, 3.63) is 66.0 Å². The Morgan fingerprint density at radius 3 is 2.56 bits per heavy atom. The molecule has 0 unspecified atom stereocenters. The van der Waals surface area contributed by atoms with Crippen LogP contribution in [0.5, 0.6) is 0 Å². The molecule has 0 bridgehead atoms. The van der Waals surface area contributed by atoms with E-state index in [1.807, 2.05) is 30.3 Å². The molecule has 27 heavy (non-hydrogen) atoms. The minimum atomic E-state index is -0.265. The van der Waals surface area contributed by atoms with Gasteiger partial charge in [0, 0.05) is 25.3 Å². The van der Waals surface area contributed by atoms with Gasteiger partial charge in [0.15, 0.2) is 0 Å². The van der Waals surface area contributed by atoms with Crippen LogP contribution >= 0.6 is 0 Å². The third kappa shape index (κ3) is 5.54.